The van der Waals surface area contributed by atoms with Gasteiger partial charge in [-0.2, -0.15) is 0 Å². The number of para-hydroxylation sites is 5. The van der Waals surface area contributed by atoms with Crippen LogP contribution in [0.15, 0.2) is 152 Å². The second-order valence-corrected chi connectivity index (χ2v) is 13.4. The van der Waals surface area contributed by atoms with E-state index >= 15 is 0 Å². The minimum absolute atomic E-state index is 0.0530. The fourth-order valence-electron chi connectivity index (χ4n) is 8.86. The van der Waals surface area contributed by atoms with Crippen LogP contribution in [-0.4, -0.2) is 17.3 Å². The summed E-state index contributed by atoms with van der Waals surface area (Å²) in [6.07, 6.45) is 9.06. The smallest absolute Gasteiger partial charge is 0.260 e. The Morgan fingerprint density at radius 2 is 1.19 bits per heavy atom. The number of nitrogens with zero attached hydrogens (tertiary/aromatic N) is 2. The van der Waals surface area contributed by atoms with E-state index in [1.54, 1.807) is 0 Å². The van der Waals surface area contributed by atoms with Gasteiger partial charge in [-0.05, 0) is 59.8 Å². The predicted octanol–water partition coefficient (Wildman–Crippen LogP) is 8.42. The van der Waals surface area contributed by atoms with Gasteiger partial charge in [-0.15, -0.1) is 0 Å². The molecule has 0 saturated heterocycles. The van der Waals surface area contributed by atoms with Crippen LogP contribution in [0.5, 0.6) is 23.0 Å². The predicted molar refractivity (Wildman–Crippen MR) is 196 cm³/mol. The Bertz CT molecular complexity index is 2520. The molecule has 6 aromatic carbocycles. The molecule has 0 saturated carbocycles. The molecule has 0 radical (unpaired) electrons. The highest BCUT2D eigenvalue weighted by Gasteiger charge is 2.49. The van der Waals surface area contributed by atoms with Gasteiger partial charge in [0.15, 0.2) is 5.75 Å². The molecule has 11 rings (SSSR count). The van der Waals surface area contributed by atoms with Crippen molar-refractivity contribution >= 4 is 56.3 Å². The Labute approximate surface area is 278 Å². The van der Waals surface area contributed by atoms with E-state index < -0.39 is 0 Å². The maximum Gasteiger partial charge on any atom is 0.260 e. The third-order valence-electron chi connectivity index (χ3n) is 11.0. The molecule has 2 unspecified atom stereocenters. The minimum Gasteiger partial charge on any atom is -0.456 e. The van der Waals surface area contributed by atoms with Crippen molar-refractivity contribution in [1.82, 2.24) is 4.57 Å². The van der Waals surface area contributed by atoms with Crippen molar-refractivity contribution in [3.05, 3.63) is 157 Å². The molecule has 0 spiro atoms. The average Bonchev–Trinajstić information content (AvgIpc) is 3.61. The van der Waals surface area contributed by atoms with Gasteiger partial charge in [0, 0.05) is 27.3 Å². The third kappa shape index (κ3) is 3.25. The summed E-state index contributed by atoms with van der Waals surface area (Å²) in [6.45, 7) is 2.30. The van der Waals surface area contributed by atoms with Crippen molar-refractivity contribution in [1.29, 1.82) is 0 Å². The molecule has 4 aliphatic rings. The number of fused-ring (bicyclic) bond motifs is 10. The Morgan fingerprint density at radius 3 is 1.90 bits per heavy atom. The summed E-state index contributed by atoms with van der Waals surface area (Å²) in [4.78, 5) is 2.51. The first kappa shape index (κ1) is 26.2. The van der Waals surface area contributed by atoms with Gasteiger partial charge in [0.2, 0.25) is 0 Å². The van der Waals surface area contributed by atoms with Gasteiger partial charge in [0.25, 0.3) is 6.71 Å². The molecule has 0 amide bonds. The maximum atomic E-state index is 7.08. The lowest BCUT2D eigenvalue weighted by molar-refractivity contribution is 0.461. The highest BCUT2D eigenvalue weighted by molar-refractivity contribution is 6.98. The SMILES string of the molecule is CC12C=CC=CC1N(c1cc(-n3c4ccccc4c4ccccc43)c3c4c1Oc1ccccc1B4c1ccccc1O3)c1ccccc12. The second kappa shape index (κ2) is 9.33. The summed E-state index contributed by atoms with van der Waals surface area (Å²) in [5.74, 6) is 3.47. The van der Waals surface area contributed by atoms with Crippen molar-refractivity contribution in [2.45, 2.75) is 18.4 Å². The standard InChI is InChI=1S/C43H29BN2O2/c1-43-25-13-12-24-39(43)46(34-21-9-4-16-29(34)43)36-26-35(45-32-19-7-2-14-27(32)28-15-3-8-20-33(28)45)41-40-42(36)48-38-23-11-6-18-31(38)44(40)30-17-5-10-22-37(30)47-41/h2-26,39H,1H3. The number of anilines is 2. The van der Waals surface area contributed by atoms with Gasteiger partial charge in [0.05, 0.1) is 28.5 Å². The van der Waals surface area contributed by atoms with E-state index in [2.05, 4.69) is 168 Å². The number of hydrogen-bond donors (Lipinski definition) is 0. The number of benzene rings is 6. The molecule has 0 bridgehead atoms. The summed E-state index contributed by atoms with van der Waals surface area (Å²) < 4.78 is 16.5. The van der Waals surface area contributed by atoms with Crippen molar-refractivity contribution < 1.29 is 9.47 Å². The topological polar surface area (TPSA) is 26.6 Å². The maximum absolute atomic E-state index is 7.08. The number of hydrogen-bond acceptors (Lipinski definition) is 3. The Kier molecular flexibility index (Phi) is 5.09. The van der Waals surface area contributed by atoms with E-state index in [4.69, 9.17) is 9.47 Å². The van der Waals surface area contributed by atoms with Crippen molar-refractivity contribution in [2.24, 2.45) is 0 Å². The molecule has 4 nitrogen and oxygen atoms in total. The van der Waals surface area contributed by atoms with Gasteiger partial charge in [0.1, 0.15) is 17.2 Å². The van der Waals surface area contributed by atoms with E-state index in [-0.39, 0.29) is 18.2 Å². The van der Waals surface area contributed by atoms with Crippen molar-refractivity contribution in [2.75, 3.05) is 4.90 Å². The van der Waals surface area contributed by atoms with Crippen LogP contribution < -0.4 is 30.8 Å². The molecular weight excluding hydrogens is 587 g/mol. The molecule has 48 heavy (non-hydrogen) atoms. The zero-order valence-corrected chi connectivity index (χ0v) is 26.3. The largest absolute Gasteiger partial charge is 0.456 e. The van der Waals surface area contributed by atoms with E-state index in [1.807, 2.05) is 0 Å². The monoisotopic (exact) mass is 616 g/mol. The molecule has 0 fully saturated rings. The molecule has 4 heterocycles. The quantitative estimate of drug-likeness (QED) is 0.183. The summed E-state index contributed by atoms with van der Waals surface area (Å²) >= 11 is 0. The normalized spacial score (nSPS) is 19.3. The molecule has 3 aliphatic heterocycles. The molecule has 2 atom stereocenters. The third-order valence-corrected chi connectivity index (χ3v) is 11.0. The van der Waals surface area contributed by atoms with Crippen LogP contribution in [0.4, 0.5) is 11.4 Å². The van der Waals surface area contributed by atoms with E-state index in [0.717, 1.165) is 61.8 Å². The van der Waals surface area contributed by atoms with Gasteiger partial charge >= 0.3 is 0 Å². The fraction of sp³-hybridized carbons (Fsp3) is 0.0698. The lowest BCUT2D eigenvalue weighted by Crippen LogP contribution is -2.57. The molecule has 7 aromatic rings. The zero-order chi connectivity index (χ0) is 31.6. The molecule has 0 N–H and O–H groups in total. The van der Waals surface area contributed by atoms with Crippen molar-refractivity contribution in [3.8, 4) is 28.7 Å². The summed E-state index contributed by atoms with van der Waals surface area (Å²) in [5, 5.41) is 2.43. The molecule has 5 heteroatoms. The molecule has 1 aliphatic carbocycles. The highest BCUT2D eigenvalue weighted by Crippen LogP contribution is 2.55. The molecule has 226 valence electrons. The zero-order valence-electron chi connectivity index (χ0n) is 26.3. The number of aromatic nitrogens is 1. The highest BCUT2D eigenvalue weighted by atomic mass is 16.5. The van der Waals surface area contributed by atoms with Gasteiger partial charge in [-0.1, -0.05) is 115 Å². The van der Waals surface area contributed by atoms with Crippen LogP contribution in [-0.2, 0) is 5.41 Å². The Hall–Kier alpha value is -5.94. The van der Waals surface area contributed by atoms with Gasteiger partial charge < -0.3 is 18.9 Å². The van der Waals surface area contributed by atoms with Gasteiger partial charge in [-0.25, -0.2) is 0 Å². The molecular formula is C43H29BN2O2. The second-order valence-electron chi connectivity index (χ2n) is 13.4. The van der Waals surface area contributed by atoms with Crippen LogP contribution in [0.2, 0.25) is 0 Å². The first-order valence-corrected chi connectivity index (χ1v) is 16.7. The van der Waals surface area contributed by atoms with Crippen LogP contribution in [0, 0.1) is 0 Å². The summed E-state index contributed by atoms with van der Waals surface area (Å²) in [7, 11) is 0. The first-order chi connectivity index (χ1) is 23.7. The van der Waals surface area contributed by atoms with Crippen LogP contribution in [0.1, 0.15) is 12.5 Å². The van der Waals surface area contributed by atoms with Crippen LogP contribution >= 0.6 is 0 Å². The summed E-state index contributed by atoms with van der Waals surface area (Å²) in [6, 6.07) is 45.6. The van der Waals surface area contributed by atoms with Crippen LogP contribution in [0.25, 0.3) is 27.5 Å². The first-order valence-electron chi connectivity index (χ1n) is 16.7. The minimum atomic E-state index is -0.198. The van der Waals surface area contributed by atoms with E-state index in [0.29, 0.717) is 0 Å². The Balaban J connectivity index is 1.30. The van der Waals surface area contributed by atoms with Crippen molar-refractivity contribution in [3.63, 3.8) is 0 Å². The fourth-order valence-corrected chi connectivity index (χ4v) is 8.86. The lowest BCUT2D eigenvalue weighted by Gasteiger charge is -2.39. The average molecular weight is 617 g/mol. The lowest BCUT2D eigenvalue weighted by atomic mass is 9.34. The van der Waals surface area contributed by atoms with E-state index in [1.165, 1.54) is 22.0 Å². The number of allylic oxidation sites excluding steroid dienone is 2. The molecule has 1 aromatic heterocycles. The van der Waals surface area contributed by atoms with Gasteiger partial charge in [-0.3, -0.25) is 0 Å². The van der Waals surface area contributed by atoms with E-state index in [9.17, 15) is 0 Å². The summed E-state index contributed by atoms with van der Waals surface area (Å²) in [5.41, 5.74) is 10.0. The number of rotatable bonds is 2. The number of ether oxygens (including phenoxy) is 2. The Morgan fingerprint density at radius 1 is 0.604 bits per heavy atom. The van der Waals surface area contributed by atoms with Crippen LogP contribution in [0.3, 0.4) is 0 Å².